The highest BCUT2D eigenvalue weighted by molar-refractivity contribution is 5.91. The number of alkyl halides is 2. The summed E-state index contributed by atoms with van der Waals surface area (Å²) in [6, 6.07) is 5.49. The molecule has 2 fully saturated rings. The van der Waals surface area contributed by atoms with Gasteiger partial charge in [-0.25, -0.2) is 18.7 Å². The number of nitrogens with zero attached hydrogens (tertiary/aromatic N) is 4. The van der Waals surface area contributed by atoms with Crippen LogP contribution in [0.25, 0.3) is 11.2 Å². The van der Waals surface area contributed by atoms with Crippen molar-refractivity contribution in [2.75, 3.05) is 5.32 Å². The summed E-state index contributed by atoms with van der Waals surface area (Å²) in [6.45, 7) is 0. The number of nitrogens with one attached hydrogen (secondary N) is 1. The van der Waals surface area contributed by atoms with E-state index in [0.717, 1.165) is 19.3 Å². The Morgan fingerprint density at radius 1 is 1.36 bits per heavy atom. The predicted octanol–water partition coefficient (Wildman–Crippen LogP) is 3.40. The molecule has 0 atom stereocenters. The first-order valence-electron chi connectivity index (χ1n) is 8.42. The molecule has 2 saturated carbocycles. The third-order valence-corrected chi connectivity index (χ3v) is 4.99. The van der Waals surface area contributed by atoms with Crippen molar-refractivity contribution < 1.29 is 13.6 Å². The summed E-state index contributed by atoms with van der Waals surface area (Å²) >= 11 is 0. The summed E-state index contributed by atoms with van der Waals surface area (Å²) in [7, 11) is 0. The number of amides is 1. The third-order valence-electron chi connectivity index (χ3n) is 4.99. The maximum Gasteiger partial charge on any atom is 0.248 e. The second-order valence-electron chi connectivity index (χ2n) is 6.92. The smallest absolute Gasteiger partial charge is 0.248 e. The van der Waals surface area contributed by atoms with Crippen molar-refractivity contribution in [3.8, 4) is 6.07 Å². The number of carbonyl (C=O) groups is 1. The van der Waals surface area contributed by atoms with Crippen LogP contribution in [0.2, 0.25) is 0 Å². The Hall–Kier alpha value is -2.56. The van der Waals surface area contributed by atoms with Crippen molar-refractivity contribution in [3.63, 3.8) is 0 Å². The first-order valence-corrected chi connectivity index (χ1v) is 8.42. The van der Waals surface area contributed by atoms with Gasteiger partial charge in [-0.3, -0.25) is 14.7 Å². The molecule has 2 aliphatic carbocycles. The summed E-state index contributed by atoms with van der Waals surface area (Å²) in [6.07, 6.45) is 2.62. The molecule has 0 radical (unpaired) electrons. The number of carbonyl (C=O) groups excluding carboxylic acids is 1. The van der Waals surface area contributed by atoms with E-state index >= 15 is 0 Å². The molecule has 2 aromatic heterocycles. The average molecular weight is 345 g/mol. The van der Waals surface area contributed by atoms with E-state index < -0.39 is 5.92 Å². The van der Waals surface area contributed by atoms with Crippen LogP contribution in [0.4, 0.5) is 14.7 Å². The van der Waals surface area contributed by atoms with Gasteiger partial charge < -0.3 is 0 Å². The Labute approximate surface area is 142 Å². The maximum absolute atomic E-state index is 12.9. The van der Waals surface area contributed by atoms with E-state index in [2.05, 4.69) is 15.3 Å². The van der Waals surface area contributed by atoms with E-state index in [4.69, 9.17) is 5.26 Å². The van der Waals surface area contributed by atoms with Crippen LogP contribution in [0.5, 0.6) is 0 Å². The van der Waals surface area contributed by atoms with Gasteiger partial charge in [0.2, 0.25) is 17.8 Å². The molecule has 0 bridgehead atoms. The molecule has 0 aromatic carbocycles. The monoisotopic (exact) mass is 345 g/mol. The zero-order valence-electron chi connectivity index (χ0n) is 13.5. The van der Waals surface area contributed by atoms with Gasteiger partial charge in [0.15, 0.2) is 5.65 Å². The van der Waals surface area contributed by atoms with Crippen LogP contribution in [0.15, 0.2) is 12.1 Å². The molecule has 1 N–H and O–H groups in total. The van der Waals surface area contributed by atoms with E-state index in [1.165, 1.54) is 0 Å². The largest absolute Gasteiger partial charge is 0.296 e. The third kappa shape index (κ3) is 2.95. The summed E-state index contributed by atoms with van der Waals surface area (Å²) in [5, 5.41) is 11.8. The molecule has 130 valence electrons. The average Bonchev–Trinajstić information content (AvgIpc) is 2.81. The van der Waals surface area contributed by atoms with Crippen molar-refractivity contribution in [3.05, 3.63) is 17.8 Å². The Morgan fingerprint density at radius 3 is 2.72 bits per heavy atom. The first kappa shape index (κ1) is 15.9. The Balaban J connectivity index is 1.58. The van der Waals surface area contributed by atoms with Gasteiger partial charge in [-0.2, -0.15) is 5.26 Å². The number of hydrogen-bond donors (Lipinski definition) is 1. The number of halogens is 2. The molecule has 4 rings (SSSR count). The molecule has 2 aliphatic rings. The Bertz CT molecular complexity index is 873. The topological polar surface area (TPSA) is 83.6 Å². The Kier molecular flexibility index (Phi) is 3.67. The van der Waals surface area contributed by atoms with Crippen molar-refractivity contribution in [1.29, 1.82) is 5.26 Å². The molecule has 1 amide bonds. The number of anilines is 1. The minimum absolute atomic E-state index is 0.0698. The molecular formula is C17H17F2N5O. The van der Waals surface area contributed by atoms with Crippen LogP contribution in [-0.4, -0.2) is 26.4 Å². The molecular weight excluding hydrogens is 328 g/mol. The second kappa shape index (κ2) is 5.76. The van der Waals surface area contributed by atoms with E-state index in [9.17, 15) is 13.6 Å². The zero-order chi connectivity index (χ0) is 17.6. The molecule has 6 nitrogen and oxygen atoms in total. The standard InChI is InChI=1S/C17H17F2N5O/c18-17(19)7-10(8-17)6-14(25)23-16-22-13-5-4-11(9-20)21-15(13)24(16)12-2-1-3-12/h4-5,10,12H,1-3,6-8H2,(H,22,23,25). The SMILES string of the molecule is N#Cc1ccc2nc(NC(=O)CC3CC(F)(F)C3)n(C3CCC3)c2n1. The number of fused-ring (bicyclic) bond motifs is 1. The minimum Gasteiger partial charge on any atom is -0.296 e. The molecule has 0 aliphatic heterocycles. The molecule has 8 heteroatoms. The van der Waals surface area contributed by atoms with Crippen LogP contribution in [0, 0.1) is 17.2 Å². The van der Waals surface area contributed by atoms with Crippen molar-refractivity contribution in [2.45, 2.75) is 50.5 Å². The van der Waals surface area contributed by atoms with Crippen LogP contribution in [-0.2, 0) is 4.79 Å². The van der Waals surface area contributed by atoms with Crippen LogP contribution < -0.4 is 5.32 Å². The number of rotatable bonds is 4. The summed E-state index contributed by atoms with van der Waals surface area (Å²) in [4.78, 5) is 21.0. The molecule has 0 spiro atoms. The number of aromatic nitrogens is 3. The second-order valence-corrected chi connectivity index (χ2v) is 6.92. The predicted molar refractivity (Wildman–Crippen MR) is 86.0 cm³/mol. The number of hydrogen-bond acceptors (Lipinski definition) is 4. The maximum atomic E-state index is 12.9. The summed E-state index contributed by atoms with van der Waals surface area (Å²) < 4.78 is 27.7. The lowest BCUT2D eigenvalue weighted by Gasteiger charge is -2.34. The van der Waals surface area contributed by atoms with Crippen LogP contribution in [0.1, 0.15) is 50.3 Å². The normalized spacial score (nSPS) is 19.9. The van der Waals surface area contributed by atoms with Gasteiger partial charge in [-0.1, -0.05) is 0 Å². The first-order chi connectivity index (χ1) is 11.9. The molecule has 0 saturated heterocycles. The molecule has 0 unspecified atom stereocenters. The highest BCUT2D eigenvalue weighted by Crippen LogP contribution is 2.44. The lowest BCUT2D eigenvalue weighted by Crippen LogP contribution is -2.37. The van der Waals surface area contributed by atoms with Gasteiger partial charge in [0, 0.05) is 25.3 Å². The van der Waals surface area contributed by atoms with Crippen molar-refractivity contribution in [1.82, 2.24) is 14.5 Å². The molecule has 25 heavy (non-hydrogen) atoms. The van der Waals surface area contributed by atoms with Gasteiger partial charge in [0.05, 0.1) is 0 Å². The van der Waals surface area contributed by atoms with Crippen molar-refractivity contribution >= 4 is 23.0 Å². The van der Waals surface area contributed by atoms with Crippen LogP contribution >= 0.6 is 0 Å². The number of nitriles is 1. The van der Waals surface area contributed by atoms with Crippen LogP contribution in [0.3, 0.4) is 0 Å². The lowest BCUT2D eigenvalue weighted by atomic mass is 9.79. The quantitative estimate of drug-likeness (QED) is 0.920. The van der Waals surface area contributed by atoms with E-state index in [0.29, 0.717) is 22.8 Å². The highest BCUT2D eigenvalue weighted by Gasteiger charge is 2.45. The number of pyridine rings is 1. The van der Waals surface area contributed by atoms with Crippen molar-refractivity contribution in [2.24, 2.45) is 5.92 Å². The van der Waals surface area contributed by atoms with Gasteiger partial charge in [-0.15, -0.1) is 0 Å². The minimum atomic E-state index is -2.62. The van der Waals surface area contributed by atoms with Gasteiger partial charge >= 0.3 is 0 Å². The van der Waals surface area contributed by atoms with E-state index in [1.807, 2.05) is 10.6 Å². The van der Waals surface area contributed by atoms with E-state index in [1.54, 1.807) is 12.1 Å². The summed E-state index contributed by atoms with van der Waals surface area (Å²) in [5.74, 6) is -2.82. The molecule has 2 heterocycles. The molecule has 2 aromatic rings. The fourth-order valence-electron chi connectivity index (χ4n) is 3.48. The van der Waals surface area contributed by atoms with Gasteiger partial charge in [0.1, 0.15) is 17.3 Å². The van der Waals surface area contributed by atoms with Gasteiger partial charge in [0.25, 0.3) is 0 Å². The van der Waals surface area contributed by atoms with E-state index in [-0.39, 0.29) is 37.1 Å². The van der Waals surface area contributed by atoms with Gasteiger partial charge in [-0.05, 0) is 37.3 Å². The Morgan fingerprint density at radius 2 is 2.12 bits per heavy atom. The fourth-order valence-corrected chi connectivity index (χ4v) is 3.48. The number of imidazole rings is 1. The lowest BCUT2D eigenvalue weighted by molar-refractivity contribution is -0.129. The zero-order valence-corrected chi connectivity index (χ0v) is 13.5. The summed E-state index contributed by atoms with van der Waals surface area (Å²) in [5.41, 5.74) is 1.48. The highest BCUT2D eigenvalue weighted by atomic mass is 19.3. The fraction of sp³-hybridized carbons (Fsp3) is 0.529.